The molecule has 0 aromatic carbocycles. The summed E-state index contributed by atoms with van der Waals surface area (Å²) in [5.41, 5.74) is 1.16. The lowest BCUT2D eigenvalue weighted by molar-refractivity contribution is 0.0919. The van der Waals surface area contributed by atoms with Crippen LogP contribution in [0.2, 0.25) is 0 Å². The summed E-state index contributed by atoms with van der Waals surface area (Å²) in [6.45, 7) is 3.08. The van der Waals surface area contributed by atoms with Gasteiger partial charge in [0.15, 0.2) is 0 Å². The number of nitrogens with zero attached hydrogens (tertiary/aromatic N) is 1. The van der Waals surface area contributed by atoms with Gasteiger partial charge >= 0.3 is 0 Å². The van der Waals surface area contributed by atoms with Crippen molar-refractivity contribution in [2.24, 2.45) is 5.41 Å². The fourth-order valence-electron chi connectivity index (χ4n) is 3.42. The summed E-state index contributed by atoms with van der Waals surface area (Å²) in [4.78, 5) is 12.5. The lowest BCUT2D eigenvalue weighted by Crippen LogP contribution is -2.36. The first-order chi connectivity index (χ1) is 9.63. The Bertz CT molecular complexity index is 499. The summed E-state index contributed by atoms with van der Waals surface area (Å²) >= 11 is 3.49. The predicted octanol–water partition coefficient (Wildman–Crippen LogP) is 4.29. The largest absolute Gasteiger partial charge is 0.350 e. The molecule has 1 aromatic rings. The highest BCUT2D eigenvalue weighted by atomic mass is 79.9. The van der Waals surface area contributed by atoms with Gasteiger partial charge in [-0.2, -0.15) is 0 Å². The smallest absolute Gasteiger partial charge is 0.267 e. The molecule has 4 heteroatoms. The number of hydrogen-bond acceptors (Lipinski definition) is 1. The van der Waals surface area contributed by atoms with Crippen LogP contribution in [-0.4, -0.2) is 17.0 Å². The Morgan fingerprint density at radius 3 is 2.75 bits per heavy atom. The van der Waals surface area contributed by atoms with E-state index in [4.69, 9.17) is 0 Å². The molecule has 3 rings (SSSR count). The van der Waals surface area contributed by atoms with Crippen LogP contribution in [0.4, 0.5) is 0 Å². The molecule has 1 aromatic heterocycles. The van der Waals surface area contributed by atoms with Gasteiger partial charge in [-0.15, -0.1) is 0 Å². The predicted molar refractivity (Wildman–Crippen MR) is 83.9 cm³/mol. The molecule has 20 heavy (non-hydrogen) atoms. The summed E-state index contributed by atoms with van der Waals surface area (Å²) in [6.07, 6.45) is 10.7. The van der Waals surface area contributed by atoms with E-state index in [0.717, 1.165) is 16.7 Å². The van der Waals surface area contributed by atoms with Gasteiger partial charge in [0.25, 0.3) is 5.91 Å². The van der Waals surface area contributed by atoms with Crippen molar-refractivity contribution in [2.45, 2.75) is 57.9 Å². The molecule has 1 N–H and O–H groups in total. The highest BCUT2D eigenvalue weighted by Gasteiger charge is 2.33. The van der Waals surface area contributed by atoms with Gasteiger partial charge in [-0.05, 0) is 59.5 Å². The minimum absolute atomic E-state index is 0.0855. The van der Waals surface area contributed by atoms with E-state index in [-0.39, 0.29) is 5.91 Å². The van der Waals surface area contributed by atoms with Crippen LogP contribution in [0.25, 0.3) is 0 Å². The zero-order valence-corrected chi connectivity index (χ0v) is 13.7. The van der Waals surface area contributed by atoms with Crippen molar-refractivity contribution in [3.05, 3.63) is 22.4 Å². The Hall–Kier alpha value is -0.770. The minimum atomic E-state index is 0.0855. The Labute approximate surface area is 129 Å². The second kappa shape index (κ2) is 5.55. The normalized spacial score (nSPS) is 21.1. The summed E-state index contributed by atoms with van der Waals surface area (Å²) in [6, 6.07) is 2.48. The number of carbonyl (C=O) groups is 1. The van der Waals surface area contributed by atoms with Crippen LogP contribution in [0, 0.1) is 5.41 Å². The van der Waals surface area contributed by atoms with Crippen LogP contribution in [-0.2, 0) is 0 Å². The highest BCUT2D eigenvalue weighted by Crippen LogP contribution is 2.40. The van der Waals surface area contributed by atoms with Gasteiger partial charge in [0.2, 0.25) is 0 Å². The first kappa shape index (κ1) is 14.2. The molecule has 0 radical (unpaired) electrons. The van der Waals surface area contributed by atoms with Gasteiger partial charge in [0, 0.05) is 23.3 Å². The van der Waals surface area contributed by atoms with Gasteiger partial charge in [-0.25, -0.2) is 0 Å². The van der Waals surface area contributed by atoms with Crippen molar-refractivity contribution in [1.82, 2.24) is 9.88 Å². The lowest BCUT2D eigenvalue weighted by atomic mass is 9.83. The van der Waals surface area contributed by atoms with Crippen LogP contribution in [0.3, 0.4) is 0 Å². The molecule has 2 aliphatic carbocycles. The molecule has 0 aliphatic heterocycles. The van der Waals surface area contributed by atoms with E-state index in [1.165, 1.54) is 44.9 Å². The second-order valence-electron chi connectivity index (χ2n) is 6.43. The van der Waals surface area contributed by atoms with Crippen LogP contribution < -0.4 is 5.32 Å². The number of amides is 1. The van der Waals surface area contributed by atoms with E-state index in [1.807, 2.05) is 12.3 Å². The van der Waals surface area contributed by atoms with Gasteiger partial charge < -0.3 is 9.88 Å². The molecular weight excluding hydrogens is 316 g/mol. The molecule has 1 heterocycles. The maximum Gasteiger partial charge on any atom is 0.267 e. The fourth-order valence-corrected chi connectivity index (χ4v) is 3.86. The molecule has 0 bridgehead atoms. The van der Waals surface area contributed by atoms with Gasteiger partial charge in [-0.1, -0.05) is 19.8 Å². The van der Waals surface area contributed by atoms with E-state index in [2.05, 4.69) is 32.7 Å². The third-order valence-electron chi connectivity index (χ3n) is 5.03. The molecule has 0 spiro atoms. The summed E-state index contributed by atoms with van der Waals surface area (Å²) < 4.78 is 3.13. The summed E-state index contributed by atoms with van der Waals surface area (Å²) in [5.74, 6) is 0.0855. The summed E-state index contributed by atoms with van der Waals surface area (Å²) in [7, 11) is 0. The molecule has 3 nitrogen and oxygen atoms in total. The van der Waals surface area contributed by atoms with E-state index in [0.29, 0.717) is 11.5 Å². The van der Waals surface area contributed by atoms with Crippen LogP contribution >= 0.6 is 15.9 Å². The third kappa shape index (κ3) is 2.80. The molecule has 2 aliphatic rings. The standard InChI is InChI=1S/C16H23BrN2O/c1-2-16(7-3-4-8-16)11-18-15(20)14-9-12(17)10-19(14)13-5-6-13/h9-10,13H,2-8,11H2,1H3,(H,18,20). The Morgan fingerprint density at radius 1 is 1.45 bits per heavy atom. The zero-order valence-electron chi connectivity index (χ0n) is 12.1. The van der Waals surface area contributed by atoms with E-state index in [9.17, 15) is 4.79 Å². The SMILES string of the molecule is CCC1(CNC(=O)c2cc(Br)cn2C2CC2)CCCC1. The number of carbonyl (C=O) groups excluding carboxylic acids is 1. The number of hydrogen-bond donors (Lipinski definition) is 1. The van der Waals surface area contributed by atoms with Crippen molar-refractivity contribution in [3.8, 4) is 0 Å². The van der Waals surface area contributed by atoms with Crippen molar-refractivity contribution >= 4 is 21.8 Å². The molecule has 2 saturated carbocycles. The number of rotatable bonds is 5. The lowest BCUT2D eigenvalue weighted by Gasteiger charge is -2.27. The van der Waals surface area contributed by atoms with Crippen molar-refractivity contribution in [1.29, 1.82) is 0 Å². The maximum atomic E-state index is 12.5. The van der Waals surface area contributed by atoms with Gasteiger partial charge in [-0.3, -0.25) is 4.79 Å². The average molecular weight is 339 g/mol. The van der Waals surface area contributed by atoms with E-state index < -0.39 is 0 Å². The Morgan fingerprint density at radius 2 is 2.15 bits per heavy atom. The van der Waals surface area contributed by atoms with Crippen molar-refractivity contribution in [3.63, 3.8) is 0 Å². The monoisotopic (exact) mass is 338 g/mol. The topological polar surface area (TPSA) is 34.0 Å². The fraction of sp³-hybridized carbons (Fsp3) is 0.688. The summed E-state index contributed by atoms with van der Waals surface area (Å²) in [5, 5.41) is 3.19. The zero-order chi connectivity index (χ0) is 14.2. The average Bonchev–Trinajstić information content (AvgIpc) is 3.06. The molecule has 0 unspecified atom stereocenters. The Kier molecular flexibility index (Phi) is 3.93. The van der Waals surface area contributed by atoms with E-state index >= 15 is 0 Å². The molecule has 0 saturated heterocycles. The molecule has 2 fully saturated rings. The minimum Gasteiger partial charge on any atom is -0.350 e. The van der Waals surface area contributed by atoms with Crippen LogP contribution in [0.1, 0.15) is 68.4 Å². The highest BCUT2D eigenvalue weighted by molar-refractivity contribution is 9.10. The number of nitrogens with one attached hydrogen (secondary N) is 1. The molecule has 0 atom stereocenters. The quantitative estimate of drug-likeness (QED) is 0.853. The molecule has 110 valence electrons. The number of halogens is 1. The van der Waals surface area contributed by atoms with Crippen molar-refractivity contribution < 1.29 is 4.79 Å². The molecular formula is C16H23BrN2O. The van der Waals surface area contributed by atoms with Gasteiger partial charge in [0.1, 0.15) is 5.69 Å². The second-order valence-corrected chi connectivity index (χ2v) is 7.34. The number of aromatic nitrogens is 1. The molecule has 1 amide bonds. The van der Waals surface area contributed by atoms with Crippen LogP contribution in [0.15, 0.2) is 16.7 Å². The first-order valence-corrected chi connectivity index (χ1v) is 8.58. The third-order valence-corrected chi connectivity index (χ3v) is 5.46. The van der Waals surface area contributed by atoms with Crippen LogP contribution in [0.5, 0.6) is 0 Å². The maximum absolute atomic E-state index is 12.5. The van der Waals surface area contributed by atoms with E-state index in [1.54, 1.807) is 0 Å². The van der Waals surface area contributed by atoms with Crippen molar-refractivity contribution in [2.75, 3.05) is 6.54 Å². The Balaban J connectivity index is 1.67. The first-order valence-electron chi connectivity index (χ1n) is 7.79. The van der Waals surface area contributed by atoms with Gasteiger partial charge in [0.05, 0.1) is 0 Å².